The van der Waals surface area contributed by atoms with Gasteiger partial charge in [0.2, 0.25) is 5.82 Å². The van der Waals surface area contributed by atoms with Gasteiger partial charge in [-0.2, -0.15) is 0 Å². The molecule has 5 heteroatoms. The molecule has 0 atom stereocenters. The number of hydrogen-bond acceptors (Lipinski definition) is 4. The van der Waals surface area contributed by atoms with E-state index in [1.807, 2.05) is 0 Å². The molecule has 5 nitrogen and oxygen atoms in total. The molecular weight excluding hydrogens is 196 g/mol. The Bertz CT molecular complexity index is 552. The minimum Gasteiger partial charge on any atom is -0.506 e. The van der Waals surface area contributed by atoms with Crippen molar-refractivity contribution in [2.45, 2.75) is 6.92 Å². The van der Waals surface area contributed by atoms with E-state index in [-0.39, 0.29) is 17.1 Å². The highest BCUT2D eigenvalue weighted by Gasteiger charge is 2.12. The number of carboxylic acids is 1. The molecule has 1 aromatic heterocycles. The Balaban J connectivity index is 2.85. The number of aromatic nitrogens is 2. The van der Waals surface area contributed by atoms with E-state index in [2.05, 4.69) is 9.97 Å². The number of aromatic hydroxyl groups is 1. The minimum absolute atomic E-state index is 0.0412. The van der Waals surface area contributed by atoms with Gasteiger partial charge in [0.25, 0.3) is 0 Å². The van der Waals surface area contributed by atoms with Crippen LogP contribution in [0.15, 0.2) is 18.2 Å². The van der Waals surface area contributed by atoms with Gasteiger partial charge in [0.15, 0.2) is 0 Å². The average Bonchev–Trinajstić information content (AvgIpc) is 2.19. The predicted molar refractivity (Wildman–Crippen MR) is 52.9 cm³/mol. The third kappa shape index (κ3) is 1.48. The first-order valence-electron chi connectivity index (χ1n) is 4.29. The van der Waals surface area contributed by atoms with E-state index < -0.39 is 5.97 Å². The van der Waals surface area contributed by atoms with Crippen molar-refractivity contribution < 1.29 is 15.0 Å². The van der Waals surface area contributed by atoms with Crippen molar-refractivity contribution in [1.29, 1.82) is 0 Å². The number of benzene rings is 1. The number of aryl methyl sites for hydroxylation is 1. The van der Waals surface area contributed by atoms with Crippen LogP contribution < -0.4 is 0 Å². The first-order valence-corrected chi connectivity index (χ1v) is 4.29. The zero-order valence-electron chi connectivity index (χ0n) is 7.93. The van der Waals surface area contributed by atoms with Crippen LogP contribution in [0.3, 0.4) is 0 Å². The van der Waals surface area contributed by atoms with E-state index in [0.29, 0.717) is 11.1 Å². The van der Waals surface area contributed by atoms with Crippen LogP contribution in [-0.4, -0.2) is 26.2 Å². The van der Waals surface area contributed by atoms with Crippen LogP contribution in [0.4, 0.5) is 0 Å². The van der Waals surface area contributed by atoms with E-state index in [1.165, 1.54) is 6.07 Å². The highest BCUT2D eigenvalue weighted by molar-refractivity contribution is 5.91. The van der Waals surface area contributed by atoms with Gasteiger partial charge in [-0.3, -0.25) is 0 Å². The van der Waals surface area contributed by atoms with E-state index in [0.717, 1.165) is 0 Å². The fraction of sp³-hybridized carbons (Fsp3) is 0.100. The average molecular weight is 204 g/mol. The monoisotopic (exact) mass is 204 g/mol. The summed E-state index contributed by atoms with van der Waals surface area (Å²) in [7, 11) is 0. The van der Waals surface area contributed by atoms with Crippen molar-refractivity contribution in [2.24, 2.45) is 0 Å². The molecule has 0 aliphatic heterocycles. The number of rotatable bonds is 1. The Labute approximate surface area is 85.0 Å². The lowest BCUT2D eigenvalue weighted by Crippen LogP contribution is -2.05. The van der Waals surface area contributed by atoms with Crippen LogP contribution in [0.2, 0.25) is 0 Å². The summed E-state index contributed by atoms with van der Waals surface area (Å²) >= 11 is 0. The van der Waals surface area contributed by atoms with Gasteiger partial charge in [-0.25, -0.2) is 14.8 Å². The topological polar surface area (TPSA) is 83.3 Å². The Morgan fingerprint density at radius 1 is 1.33 bits per heavy atom. The lowest BCUT2D eigenvalue weighted by molar-refractivity contribution is 0.0683. The maximum atomic E-state index is 10.7. The SMILES string of the molecule is Cc1nc(C(=O)O)nc2c(O)cccc12. The van der Waals surface area contributed by atoms with Crippen LogP contribution in [0, 0.1) is 6.92 Å². The van der Waals surface area contributed by atoms with Crippen molar-refractivity contribution in [3.63, 3.8) is 0 Å². The Kier molecular flexibility index (Phi) is 2.00. The van der Waals surface area contributed by atoms with Crippen LogP contribution in [0.25, 0.3) is 10.9 Å². The molecule has 0 saturated heterocycles. The summed E-state index contributed by atoms with van der Waals surface area (Å²) in [5.74, 6) is -1.55. The largest absolute Gasteiger partial charge is 0.506 e. The first kappa shape index (κ1) is 9.39. The quantitative estimate of drug-likeness (QED) is 0.732. The van der Waals surface area contributed by atoms with Crippen LogP contribution in [0.5, 0.6) is 5.75 Å². The van der Waals surface area contributed by atoms with Crippen molar-refractivity contribution in [3.8, 4) is 5.75 Å². The standard InChI is InChI=1S/C10H8N2O3/c1-5-6-3-2-4-7(13)8(6)12-9(11-5)10(14)15/h2-4,13H,1H3,(H,14,15). The number of carboxylic acid groups (broad SMARTS) is 1. The molecule has 1 heterocycles. The smallest absolute Gasteiger partial charge is 0.373 e. The molecule has 0 aliphatic carbocycles. The number of para-hydroxylation sites is 1. The predicted octanol–water partition coefficient (Wildman–Crippen LogP) is 1.34. The van der Waals surface area contributed by atoms with Gasteiger partial charge in [-0.1, -0.05) is 12.1 Å². The van der Waals surface area contributed by atoms with Crippen molar-refractivity contribution in [1.82, 2.24) is 9.97 Å². The molecule has 0 unspecified atom stereocenters. The summed E-state index contributed by atoms with van der Waals surface area (Å²) in [6.45, 7) is 1.68. The Morgan fingerprint density at radius 3 is 2.73 bits per heavy atom. The van der Waals surface area contributed by atoms with Gasteiger partial charge < -0.3 is 10.2 Å². The van der Waals surface area contributed by atoms with Crippen LogP contribution in [-0.2, 0) is 0 Å². The second-order valence-corrected chi connectivity index (χ2v) is 3.11. The van der Waals surface area contributed by atoms with Gasteiger partial charge >= 0.3 is 5.97 Å². The van der Waals surface area contributed by atoms with Gasteiger partial charge in [-0.15, -0.1) is 0 Å². The van der Waals surface area contributed by atoms with Gasteiger partial charge in [-0.05, 0) is 13.0 Å². The molecule has 0 bridgehead atoms. The molecule has 2 rings (SSSR count). The molecule has 1 aromatic carbocycles. The molecule has 0 fully saturated rings. The van der Waals surface area contributed by atoms with Crippen LogP contribution >= 0.6 is 0 Å². The van der Waals surface area contributed by atoms with Crippen molar-refractivity contribution >= 4 is 16.9 Å². The van der Waals surface area contributed by atoms with E-state index >= 15 is 0 Å². The summed E-state index contributed by atoms with van der Waals surface area (Å²) < 4.78 is 0. The highest BCUT2D eigenvalue weighted by atomic mass is 16.4. The molecule has 0 aliphatic rings. The zero-order valence-corrected chi connectivity index (χ0v) is 7.93. The maximum absolute atomic E-state index is 10.7. The molecule has 2 N–H and O–H groups in total. The zero-order chi connectivity index (χ0) is 11.0. The fourth-order valence-electron chi connectivity index (χ4n) is 1.39. The molecule has 0 spiro atoms. The number of carbonyl (C=O) groups is 1. The fourth-order valence-corrected chi connectivity index (χ4v) is 1.39. The number of phenolic OH excluding ortho intramolecular Hbond substituents is 1. The number of phenols is 1. The summed E-state index contributed by atoms with van der Waals surface area (Å²) in [5.41, 5.74) is 0.802. The lowest BCUT2D eigenvalue weighted by Gasteiger charge is -2.03. The number of hydrogen-bond donors (Lipinski definition) is 2. The molecule has 0 amide bonds. The number of fused-ring (bicyclic) bond motifs is 1. The molecule has 76 valence electrons. The molecule has 0 saturated carbocycles. The molecule has 2 aromatic rings. The van der Waals surface area contributed by atoms with Gasteiger partial charge in [0.05, 0.1) is 0 Å². The molecule has 15 heavy (non-hydrogen) atoms. The van der Waals surface area contributed by atoms with Crippen LogP contribution in [0.1, 0.15) is 16.3 Å². The molecular formula is C10H8N2O3. The maximum Gasteiger partial charge on any atom is 0.373 e. The first-order chi connectivity index (χ1) is 7.09. The van der Waals surface area contributed by atoms with Gasteiger partial charge in [0.1, 0.15) is 11.3 Å². The summed E-state index contributed by atoms with van der Waals surface area (Å²) in [6.07, 6.45) is 0. The lowest BCUT2D eigenvalue weighted by atomic mass is 10.2. The summed E-state index contributed by atoms with van der Waals surface area (Å²) in [6, 6.07) is 4.85. The third-order valence-electron chi connectivity index (χ3n) is 2.09. The van der Waals surface area contributed by atoms with Crippen molar-refractivity contribution in [3.05, 3.63) is 29.7 Å². The second-order valence-electron chi connectivity index (χ2n) is 3.11. The van der Waals surface area contributed by atoms with E-state index in [9.17, 15) is 9.90 Å². The third-order valence-corrected chi connectivity index (χ3v) is 2.09. The second kappa shape index (κ2) is 3.20. The Hall–Kier alpha value is -2.17. The number of nitrogens with zero attached hydrogens (tertiary/aromatic N) is 2. The normalized spacial score (nSPS) is 10.5. The Morgan fingerprint density at radius 2 is 2.07 bits per heavy atom. The van der Waals surface area contributed by atoms with E-state index in [4.69, 9.17) is 5.11 Å². The van der Waals surface area contributed by atoms with E-state index in [1.54, 1.807) is 19.1 Å². The summed E-state index contributed by atoms with van der Waals surface area (Å²) in [4.78, 5) is 18.3. The minimum atomic E-state index is -1.21. The summed E-state index contributed by atoms with van der Waals surface area (Å²) in [5, 5.41) is 18.9. The van der Waals surface area contributed by atoms with Crippen molar-refractivity contribution in [2.75, 3.05) is 0 Å². The van der Waals surface area contributed by atoms with Gasteiger partial charge in [0, 0.05) is 11.1 Å². The number of aromatic carboxylic acids is 1. The molecule has 0 radical (unpaired) electrons. The highest BCUT2D eigenvalue weighted by Crippen LogP contribution is 2.23.